The number of piperazine rings is 1. The van der Waals surface area contributed by atoms with Gasteiger partial charge < -0.3 is 14.6 Å². The van der Waals surface area contributed by atoms with Crippen LogP contribution in [-0.2, 0) is 5.54 Å². The van der Waals surface area contributed by atoms with Gasteiger partial charge >= 0.3 is 5.97 Å². The highest BCUT2D eigenvalue weighted by atomic mass is 19.1. The van der Waals surface area contributed by atoms with Crippen LogP contribution in [0.4, 0.5) is 10.2 Å². The topological polar surface area (TPSA) is 78.7 Å². The third-order valence-electron chi connectivity index (χ3n) is 5.21. The Hall–Kier alpha value is -2.48. The molecule has 0 unspecified atom stereocenters. The number of halogens is 1. The molecule has 0 amide bonds. The Bertz CT molecular complexity index is 970. The molecule has 152 valence electrons. The molecule has 0 atom stereocenters. The summed E-state index contributed by atoms with van der Waals surface area (Å²) < 4.78 is 16.5. The Morgan fingerprint density at radius 3 is 2.32 bits per heavy atom. The first-order valence-electron chi connectivity index (χ1n) is 9.49. The molecule has 0 bridgehead atoms. The molecule has 3 rings (SSSR count). The highest BCUT2D eigenvalue weighted by Crippen LogP contribution is 2.26. The number of hydrogen-bond donors (Lipinski definition) is 1. The fourth-order valence-corrected chi connectivity index (χ4v) is 3.55. The molecule has 0 spiro atoms. The standard InChI is InChI=1S/C20H27FN4O3/c1-12(2)23-6-8-24(9-7-23)18-15(21)10-13-16(26)14(19(27)28)11-25(17(13)22-18)20(3,4)5/h10-12H,6-9H2,1-5H3,(H,27,28). The zero-order valence-corrected chi connectivity index (χ0v) is 17.0. The summed E-state index contributed by atoms with van der Waals surface area (Å²) in [4.78, 5) is 32.8. The van der Waals surface area contributed by atoms with Gasteiger partial charge in [-0.3, -0.25) is 9.69 Å². The van der Waals surface area contributed by atoms with E-state index in [0.717, 1.165) is 19.2 Å². The third-order valence-corrected chi connectivity index (χ3v) is 5.21. The van der Waals surface area contributed by atoms with Crippen molar-refractivity contribution in [2.75, 3.05) is 31.1 Å². The van der Waals surface area contributed by atoms with Crippen LogP contribution in [-0.4, -0.2) is 57.7 Å². The van der Waals surface area contributed by atoms with Crippen LogP contribution in [0, 0.1) is 5.82 Å². The minimum atomic E-state index is -1.33. The van der Waals surface area contributed by atoms with Crippen LogP contribution in [0.2, 0.25) is 0 Å². The van der Waals surface area contributed by atoms with Gasteiger partial charge in [-0.25, -0.2) is 14.2 Å². The predicted molar refractivity (Wildman–Crippen MR) is 107 cm³/mol. The number of hydrogen-bond acceptors (Lipinski definition) is 5. The summed E-state index contributed by atoms with van der Waals surface area (Å²) in [7, 11) is 0. The molecule has 0 aliphatic carbocycles. The molecule has 8 heteroatoms. The molecule has 1 saturated heterocycles. The lowest BCUT2D eigenvalue weighted by atomic mass is 10.1. The summed E-state index contributed by atoms with van der Waals surface area (Å²) in [5.41, 5.74) is -1.34. The van der Waals surface area contributed by atoms with E-state index in [9.17, 15) is 19.1 Å². The molecule has 0 aromatic carbocycles. The predicted octanol–water partition coefficient (Wildman–Crippen LogP) is 2.52. The Morgan fingerprint density at radius 1 is 1.21 bits per heavy atom. The molecule has 2 aromatic heterocycles. The van der Waals surface area contributed by atoms with Crippen LogP contribution in [0.1, 0.15) is 45.0 Å². The summed E-state index contributed by atoms with van der Waals surface area (Å²) in [5.74, 6) is -1.74. The molecule has 2 aromatic rings. The van der Waals surface area contributed by atoms with Gasteiger partial charge in [0.05, 0.1) is 5.39 Å². The number of fused-ring (bicyclic) bond motifs is 1. The minimum absolute atomic E-state index is 0.0168. The van der Waals surface area contributed by atoms with Crippen molar-refractivity contribution in [3.8, 4) is 0 Å². The van der Waals surface area contributed by atoms with E-state index in [4.69, 9.17) is 0 Å². The normalized spacial score (nSPS) is 16.2. The highest BCUT2D eigenvalue weighted by Gasteiger charge is 2.26. The van der Waals surface area contributed by atoms with Crippen LogP contribution >= 0.6 is 0 Å². The van der Waals surface area contributed by atoms with E-state index in [0.29, 0.717) is 24.8 Å². The number of carbonyl (C=O) groups is 1. The third kappa shape index (κ3) is 3.61. The van der Waals surface area contributed by atoms with Gasteiger partial charge in [0.2, 0.25) is 5.43 Å². The lowest BCUT2D eigenvalue weighted by Crippen LogP contribution is -2.49. The first-order valence-corrected chi connectivity index (χ1v) is 9.49. The van der Waals surface area contributed by atoms with Gasteiger partial charge in [-0.15, -0.1) is 0 Å². The molecule has 1 fully saturated rings. The smallest absolute Gasteiger partial charge is 0.341 e. The zero-order chi connectivity index (χ0) is 20.8. The van der Waals surface area contributed by atoms with Crippen LogP contribution in [0.25, 0.3) is 11.0 Å². The molecule has 1 aliphatic rings. The van der Waals surface area contributed by atoms with Gasteiger partial charge in [-0.1, -0.05) is 0 Å². The quantitative estimate of drug-likeness (QED) is 0.868. The number of carboxylic acids is 1. The van der Waals surface area contributed by atoms with E-state index in [1.807, 2.05) is 25.7 Å². The van der Waals surface area contributed by atoms with E-state index in [2.05, 4.69) is 23.7 Å². The van der Waals surface area contributed by atoms with Gasteiger partial charge in [0.1, 0.15) is 11.2 Å². The summed E-state index contributed by atoms with van der Waals surface area (Å²) in [6, 6.07) is 1.56. The molecule has 28 heavy (non-hydrogen) atoms. The largest absolute Gasteiger partial charge is 0.477 e. The SMILES string of the molecule is CC(C)N1CCN(c2nc3c(cc2F)c(=O)c(C(=O)O)cn3C(C)(C)C)CC1. The molecule has 0 saturated carbocycles. The molecule has 3 heterocycles. The summed E-state index contributed by atoms with van der Waals surface area (Å²) in [6.45, 7) is 12.8. The second-order valence-electron chi connectivity index (χ2n) is 8.50. The second kappa shape index (κ2) is 7.16. The maximum absolute atomic E-state index is 14.9. The van der Waals surface area contributed by atoms with Crippen molar-refractivity contribution in [2.45, 2.75) is 46.2 Å². The molecular weight excluding hydrogens is 363 g/mol. The Kier molecular flexibility index (Phi) is 5.18. The zero-order valence-electron chi connectivity index (χ0n) is 17.0. The number of aromatic carboxylic acids is 1. The van der Waals surface area contributed by atoms with E-state index in [1.54, 1.807) is 4.57 Å². The van der Waals surface area contributed by atoms with Crippen molar-refractivity contribution in [1.82, 2.24) is 14.5 Å². The lowest BCUT2D eigenvalue weighted by Gasteiger charge is -2.37. The molecule has 1 aliphatic heterocycles. The van der Waals surface area contributed by atoms with Crippen LogP contribution in [0.3, 0.4) is 0 Å². The lowest BCUT2D eigenvalue weighted by molar-refractivity contribution is 0.0694. The van der Waals surface area contributed by atoms with Gasteiger partial charge in [0.25, 0.3) is 0 Å². The Labute approximate surface area is 163 Å². The molecule has 7 nitrogen and oxygen atoms in total. The van der Waals surface area contributed by atoms with Crippen LogP contribution < -0.4 is 10.3 Å². The minimum Gasteiger partial charge on any atom is -0.477 e. The first kappa shape index (κ1) is 20.3. The van der Waals surface area contributed by atoms with Gasteiger partial charge in [0.15, 0.2) is 11.6 Å². The summed E-state index contributed by atoms with van der Waals surface area (Å²) in [6.07, 6.45) is 1.30. The molecule has 0 radical (unpaired) electrons. The van der Waals surface area contributed by atoms with Crippen molar-refractivity contribution in [3.63, 3.8) is 0 Å². The number of pyridine rings is 2. The maximum Gasteiger partial charge on any atom is 0.341 e. The number of aromatic nitrogens is 2. The van der Waals surface area contributed by atoms with E-state index < -0.39 is 22.8 Å². The average Bonchev–Trinajstić information content (AvgIpc) is 2.60. The van der Waals surface area contributed by atoms with Crippen molar-refractivity contribution in [2.24, 2.45) is 0 Å². The maximum atomic E-state index is 14.9. The van der Waals surface area contributed by atoms with Crippen LogP contribution in [0.5, 0.6) is 0 Å². The Morgan fingerprint density at radius 2 is 1.82 bits per heavy atom. The van der Waals surface area contributed by atoms with Crippen molar-refractivity contribution < 1.29 is 14.3 Å². The van der Waals surface area contributed by atoms with Gasteiger partial charge in [-0.2, -0.15) is 0 Å². The highest BCUT2D eigenvalue weighted by molar-refractivity contribution is 5.92. The van der Waals surface area contributed by atoms with Crippen molar-refractivity contribution >= 4 is 22.8 Å². The van der Waals surface area contributed by atoms with Crippen molar-refractivity contribution in [1.29, 1.82) is 0 Å². The Balaban J connectivity index is 2.16. The van der Waals surface area contributed by atoms with E-state index in [1.165, 1.54) is 6.20 Å². The van der Waals surface area contributed by atoms with Crippen LogP contribution in [0.15, 0.2) is 17.1 Å². The van der Waals surface area contributed by atoms with Gasteiger partial charge in [-0.05, 0) is 40.7 Å². The van der Waals surface area contributed by atoms with E-state index >= 15 is 0 Å². The number of anilines is 1. The summed E-state index contributed by atoms with van der Waals surface area (Å²) >= 11 is 0. The molecule has 1 N–H and O–H groups in total. The monoisotopic (exact) mass is 390 g/mol. The first-order chi connectivity index (χ1) is 13.0. The number of rotatable bonds is 3. The summed E-state index contributed by atoms with van der Waals surface area (Å²) in [5, 5.41) is 9.36. The van der Waals surface area contributed by atoms with E-state index in [-0.39, 0.29) is 16.8 Å². The van der Waals surface area contributed by atoms with Gasteiger partial charge in [0, 0.05) is 44.0 Å². The fraction of sp³-hybridized carbons (Fsp3) is 0.550. The second-order valence-corrected chi connectivity index (χ2v) is 8.50. The fourth-order valence-electron chi connectivity index (χ4n) is 3.55. The molecular formula is C20H27FN4O3. The van der Waals surface area contributed by atoms with Crippen molar-refractivity contribution in [3.05, 3.63) is 33.9 Å². The number of nitrogens with zero attached hydrogens (tertiary/aromatic N) is 4. The average molecular weight is 390 g/mol. The number of carboxylic acid groups (broad SMARTS) is 1.